The summed E-state index contributed by atoms with van der Waals surface area (Å²) in [5, 5.41) is 3.66. The number of benzene rings is 1. The van der Waals surface area contributed by atoms with Gasteiger partial charge in [-0.25, -0.2) is 0 Å². The quantitative estimate of drug-likeness (QED) is 0.867. The maximum Gasteiger partial charge on any atom is 0.253 e. The number of anilines is 1. The van der Waals surface area contributed by atoms with Gasteiger partial charge in [0.1, 0.15) is 6.10 Å². The van der Waals surface area contributed by atoms with Crippen molar-refractivity contribution < 1.29 is 9.53 Å². The number of nitrogens with one attached hydrogen (secondary N) is 1. The van der Waals surface area contributed by atoms with Gasteiger partial charge in [-0.3, -0.25) is 4.79 Å². The minimum atomic E-state index is -0.271. The summed E-state index contributed by atoms with van der Waals surface area (Å²) in [5.41, 5.74) is 1.97. The summed E-state index contributed by atoms with van der Waals surface area (Å²) in [6.45, 7) is 0.694. The average Bonchev–Trinajstić information content (AvgIpc) is 2.83. The Balaban J connectivity index is 1.99. The predicted octanol–water partition coefficient (Wildman–Crippen LogP) is 2.70. The molecule has 1 aliphatic heterocycles. The van der Waals surface area contributed by atoms with Crippen LogP contribution < -0.4 is 5.32 Å². The van der Waals surface area contributed by atoms with Gasteiger partial charge in [0.25, 0.3) is 5.91 Å². The van der Waals surface area contributed by atoms with Crippen molar-refractivity contribution in [1.82, 2.24) is 0 Å². The van der Waals surface area contributed by atoms with Gasteiger partial charge in [-0.15, -0.1) is 0 Å². The monoisotopic (exact) mass is 283 g/mol. The largest absolute Gasteiger partial charge is 0.368 e. The van der Waals surface area contributed by atoms with Crippen molar-refractivity contribution in [2.24, 2.45) is 0 Å². The highest BCUT2D eigenvalue weighted by Crippen LogP contribution is 2.17. The second-order valence-electron chi connectivity index (χ2n) is 3.82. The molecule has 0 radical (unpaired) electrons. The second kappa shape index (κ2) is 5.46. The molecule has 0 spiro atoms. The number of hydrogen-bond acceptors (Lipinski definition) is 2. The molecule has 2 rings (SSSR count). The highest BCUT2D eigenvalue weighted by molar-refractivity contribution is 9.08. The van der Waals surface area contributed by atoms with E-state index in [0.29, 0.717) is 6.61 Å². The van der Waals surface area contributed by atoms with Crippen molar-refractivity contribution in [3.05, 3.63) is 29.8 Å². The molecule has 1 fully saturated rings. The number of halogens is 1. The Morgan fingerprint density at radius 3 is 3.12 bits per heavy atom. The number of carbonyl (C=O) groups excluding carboxylic acids is 1. The molecule has 0 aromatic heterocycles. The summed E-state index contributed by atoms with van der Waals surface area (Å²) < 4.78 is 5.32. The van der Waals surface area contributed by atoms with Gasteiger partial charge in [0.15, 0.2) is 0 Å². The van der Waals surface area contributed by atoms with E-state index < -0.39 is 0 Å². The van der Waals surface area contributed by atoms with Crippen molar-refractivity contribution in [1.29, 1.82) is 0 Å². The van der Waals surface area contributed by atoms with Crippen molar-refractivity contribution in [3.63, 3.8) is 0 Å². The zero-order valence-corrected chi connectivity index (χ0v) is 10.5. The standard InChI is InChI=1S/C12H14BrNO2/c13-8-9-3-1-4-10(7-9)14-12(15)11-5-2-6-16-11/h1,3-4,7,11H,2,5-6,8H2,(H,14,15). The number of alkyl halides is 1. The number of carbonyl (C=O) groups is 1. The van der Waals surface area contributed by atoms with Crippen LogP contribution in [0.3, 0.4) is 0 Å². The van der Waals surface area contributed by atoms with Gasteiger partial charge in [0, 0.05) is 17.6 Å². The lowest BCUT2D eigenvalue weighted by Crippen LogP contribution is -2.26. The van der Waals surface area contributed by atoms with Crippen LogP contribution in [-0.4, -0.2) is 18.6 Å². The van der Waals surface area contributed by atoms with Crippen molar-refractivity contribution >= 4 is 27.5 Å². The van der Waals surface area contributed by atoms with Gasteiger partial charge >= 0.3 is 0 Å². The van der Waals surface area contributed by atoms with E-state index in [1.165, 1.54) is 0 Å². The van der Waals surface area contributed by atoms with E-state index in [-0.39, 0.29) is 12.0 Å². The first kappa shape index (κ1) is 11.6. The first-order chi connectivity index (χ1) is 7.79. The lowest BCUT2D eigenvalue weighted by Gasteiger charge is -2.10. The SMILES string of the molecule is O=C(Nc1cccc(CBr)c1)C1CCCO1. The van der Waals surface area contributed by atoms with Crippen LogP contribution >= 0.6 is 15.9 Å². The molecule has 1 amide bonds. The summed E-state index contributed by atoms with van der Waals surface area (Å²) in [7, 11) is 0. The van der Waals surface area contributed by atoms with E-state index in [2.05, 4.69) is 21.2 Å². The molecule has 16 heavy (non-hydrogen) atoms. The van der Waals surface area contributed by atoms with Crippen LogP contribution in [0.2, 0.25) is 0 Å². The first-order valence-electron chi connectivity index (χ1n) is 5.37. The van der Waals surface area contributed by atoms with Crippen molar-refractivity contribution in [3.8, 4) is 0 Å². The number of rotatable bonds is 3. The molecule has 1 heterocycles. The minimum absolute atomic E-state index is 0.0378. The summed E-state index contributed by atoms with van der Waals surface area (Å²) in [6, 6.07) is 7.79. The number of amides is 1. The normalized spacial score (nSPS) is 19.7. The Labute approximate surface area is 103 Å². The van der Waals surface area contributed by atoms with Crippen molar-refractivity contribution in [2.75, 3.05) is 11.9 Å². The lowest BCUT2D eigenvalue weighted by molar-refractivity contribution is -0.124. The van der Waals surface area contributed by atoms with Crippen LogP contribution in [0.4, 0.5) is 5.69 Å². The van der Waals surface area contributed by atoms with Gasteiger partial charge in [-0.2, -0.15) is 0 Å². The Hall–Kier alpha value is -0.870. The fourth-order valence-electron chi connectivity index (χ4n) is 1.74. The molecular formula is C12H14BrNO2. The summed E-state index contributed by atoms with van der Waals surface area (Å²) in [6.07, 6.45) is 1.52. The molecule has 1 saturated heterocycles. The third kappa shape index (κ3) is 2.83. The van der Waals surface area contributed by atoms with Crippen LogP contribution in [0.15, 0.2) is 24.3 Å². The highest BCUT2D eigenvalue weighted by Gasteiger charge is 2.23. The number of ether oxygens (including phenoxy) is 1. The van der Waals surface area contributed by atoms with E-state index >= 15 is 0 Å². The second-order valence-corrected chi connectivity index (χ2v) is 4.39. The maximum atomic E-state index is 11.8. The summed E-state index contributed by atoms with van der Waals surface area (Å²) >= 11 is 3.39. The smallest absolute Gasteiger partial charge is 0.253 e. The zero-order valence-electron chi connectivity index (χ0n) is 8.91. The van der Waals surface area contributed by atoms with Crippen LogP contribution in [0.5, 0.6) is 0 Å². The first-order valence-corrected chi connectivity index (χ1v) is 6.49. The zero-order chi connectivity index (χ0) is 11.4. The van der Waals surface area contributed by atoms with E-state index in [0.717, 1.165) is 29.4 Å². The van der Waals surface area contributed by atoms with Crippen molar-refractivity contribution in [2.45, 2.75) is 24.3 Å². The fraction of sp³-hybridized carbons (Fsp3) is 0.417. The molecule has 0 aliphatic carbocycles. The van der Waals surface area contributed by atoms with Crippen LogP contribution in [-0.2, 0) is 14.9 Å². The molecule has 1 N–H and O–H groups in total. The Morgan fingerprint density at radius 1 is 1.56 bits per heavy atom. The Bertz CT molecular complexity index is 375. The average molecular weight is 284 g/mol. The molecule has 0 saturated carbocycles. The van der Waals surface area contributed by atoms with Gasteiger partial charge in [-0.1, -0.05) is 28.1 Å². The van der Waals surface area contributed by atoms with Gasteiger partial charge in [0.2, 0.25) is 0 Å². The third-order valence-corrected chi connectivity index (χ3v) is 3.22. The third-order valence-electron chi connectivity index (χ3n) is 2.57. The molecular weight excluding hydrogens is 270 g/mol. The van der Waals surface area contributed by atoms with E-state index in [1.807, 2.05) is 24.3 Å². The highest BCUT2D eigenvalue weighted by atomic mass is 79.9. The van der Waals surface area contributed by atoms with Crippen LogP contribution in [0, 0.1) is 0 Å². The molecule has 1 aromatic carbocycles. The van der Waals surface area contributed by atoms with E-state index in [4.69, 9.17) is 4.74 Å². The minimum Gasteiger partial charge on any atom is -0.368 e. The van der Waals surface area contributed by atoms with E-state index in [9.17, 15) is 4.79 Å². The predicted molar refractivity (Wildman–Crippen MR) is 66.7 cm³/mol. The van der Waals surface area contributed by atoms with Gasteiger partial charge in [-0.05, 0) is 30.5 Å². The van der Waals surface area contributed by atoms with Gasteiger partial charge < -0.3 is 10.1 Å². The van der Waals surface area contributed by atoms with Crippen LogP contribution in [0.25, 0.3) is 0 Å². The summed E-state index contributed by atoms with van der Waals surface area (Å²) in [4.78, 5) is 11.8. The molecule has 86 valence electrons. The molecule has 0 bridgehead atoms. The topological polar surface area (TPSA) is 38.3 Å². The molecule has 1 unspecified atom stereocenters. The number of hydrogen-bond donors (Lipinski definition) is 1. The fourth-order valence-corrected chi connectivity index (χ4v) is 2.09. The van der Waals surface area contributed by atoms with Crippen LogP contribution in [0.1, 0.15) is 18.4 Å². The molecule has 4 heteroatoms. The molecule has 1 aliphatic rings. The molecule has 3 nitrogen and oxygen atoms in total. The van der Waals surface area contributed by atoms with E-state index in [1.54, 1.807) is 0 Å². The van der Waals surface area contributed by atoms with Gasteiger partial charge in [0.05, 0.1) is 0 Å². The Kier molecular flexibility index (Phi) is 3.96. The summed E-state index contributed by atoms with van der Waals surface area (Å²) in [5.74, 6) is -0.0378. The lowest BCUT2D eigenvalue weighted by atomic mass is 10.2. The molecule has 1 atom stereocenters. The molecule has 1 aromatic rings. The Morgan fingerprint density at radius 2 is 2.44 bits per heavy atom. The maximum absolute atomic E-state index is 11.8.